The Bertz CT molecular complexity index is 503. The van der Waals surface area contributed by atoms with Crippen molar-refractivity contribution in [2.45, 2.75) is 19.6 Å². The molecular weight excluding hydrogens is 256 g/mol. The van der Waals surface area contributed by atoms with E-state index in [1.54, 1.807) is 0 Å². The number of carbonyl (C=O) groups excluding carboxylic acids is 1. The molecule has 0 radical (unpaired) electrons. The summed E-state index contributed by atoms with van der Waals surface area (Å²) in [6.45, 7) is 0.759. The minimum absolute atomic E-state index is 0.332. The van der Waals surface area contributed by atoms with Crippen LogP contribution in [0, 0.1) is 11.5 Å². The van der Waals surface area contributed by atoms with Crippen LogP contribution in [0.1, 0.15) is 15.9 Å². The molecule has 1 aromatic carbocycles. The van der Waals surface area contributed by atoms with E-state index < -0.39 is 20.7 Å². The van der Waals surface area contributed by atoms with Crippen molar-refractivity contribution in [2.75, 3.05) is 0 Å². The molecule has 0 bridgehead atoms. The van der Waals surface area contributed by atoms with E-state index in [1.165, 1.54) is 24.3 Å². The Morgan fingerprint density at radius 2 is 1.61 bits per heavy atom. The number of halogens is 3. The molecule has 18 heavy (non-hydrogen) atoms. The lowest BCUT2D eigenvalue weighted by molar-refractivity contribution is 0.102. The average Bonchev–Trinajstić information content (AvgIpc) is 2.24. The minimum atomic E-state index is -5.46. The van der Waals surface area contributed by atoms with Gasteiger partial charge >= 0.3 is 6.98 Å². The number of carbonyl (C=O) groups is 1. The standard InChI is InChI=1S/C12H13BF3OSi/c1-18(2,3)9-8-10-4-6-11(7-5-10)12(17)13(14,15)16/h4-7H,1-3H3/q-1. The van der Waals surface area contributed by atoms with Gasteiger partial charge in [-0.2, -0.15) is 0 Å². The molecule has 0 amide bonds. The van der Waals surface area contributed by atoms with E-state index in [0.717, 1.165) is 0 Å². The monoisotopic (exact) mass is 269 g/mol. The van der Waals surface area contributed by atoms with Crippen LogP contribution in [-0.4, -0.2) is 20.7 Å². The van der Waals surface area contributed by atoms with Crippen molar-refractivity contribution < 1.29 is 17.7 Å². The van der Waals surface area contributed by atoms with Crippen molar-refractivity contribution in [3.8, 4) is 11.5 Å². The number of rotatable bonds is 2. The third-order valence-corrected chi connectivity index (χ3v) is 2.92. The van der Waals surface area contributed by atoms with Crippen LogP contribution in [0.3, 0.4) is 0 Å². The summed E-state index contributed by atoms with van der Waals surface area (Å²) in [5, 5.41) is 0. The zero-order valence-electron chi connectivity index (χ0n) is 10.4. The van der Waals surface area contributed by atoms with Crippen molar-refractivity contribution in [3.63, 3.8) is 0 Å². The minimum Gasteiger partial charge on any atom is -0.443 e. The van der Waals surface area contributed by atoms with Gasteiger partial charge in [0.15, 0.2) is 0 Å². The third kappa shape index (κ3) is 4.42. The van der Waals surface area contributed by atoms with Gasteiger partial charge in [0.1, 0.15) is 13.8 Å². The molecule has 0 saturated carbocycles. The number of hydrogen-bond donors (Lipinski definition) is 0. The molecule has 0 aromatic heterocycles. The summed E-state index contributed by atoms with van der Waals surface area (Å²) in [7, 11) is -1.51. The summed E-state index contributed by atoms with van der Waals surface area (Å²) in [6.07, 6.45) is 0. The van der Waals surface area contributed by atoms with Gasteiger partial charge in [-0.25, -0.2) is 0 Å². The molecule has 1 aromatic rings. The van der Waals surface area contributed by atoms with E-state index in [0.29, 0.717) is 5.56 Å². The topological polar surface area (TPSA) is 17.1 Å². The first kappa shape index (κ1) is 14.6. The Morgan fingerprint density at radius 3 is 2.00 bits per heavy atom. The fourth-order valence-corrected chi connectivity index (χ4v) is 1.69. The molecule has 1 rings (SSSR count). The molecule has 0 unspecified atom stereocenters. The van der Waals surface area contributed by atoms with Crippen LogP contribution in [0.25, 0.3) is 0 Å². The van der Waals surface area contributed by atoms with Crippen LogP contribution in [0.2, 0.25) is 19.6 Å². The smallest absolute Gasteiger partial charge is 0.443 e. The first-order valence-electron chi connectivity index (χ1n) is 5.47. The molecule has 0 N–H and O–H groups in total. The molecule has 0 heterocycles. The summed E-state index contributed by atoms with van der Waals surface area (Å²) in [4.78, 5) is 11.0. The second kappa shape index (κ2) is 5.03. The zero-order chi connectivity index (χ0) is 14.0. The van der Waals surface area contributed by atoms with Crippen LogP contribution in [0.5, 0.6) is 0 Å². The average molecular weight is 269 g/mol. The highest BCUT2D eigenvalue weighted by Crippen LogP contribution is 2.16. The predicted octanol–water partition coefficient (Wildman–Crippen LogP) is 3.48. The van der Waals surface area contributed by atoms with Crippen molar-refractivity contribution in [2.24, 2.45) is 0 Å². The molecular formula is C12H13BF3OSi-. The largest absolute Gasteiger partial charge is 0.549 e. The molecule has 6 heteroatoms. The van der Waals surface area contributed by atoms with E-state index in [2.05, 4.69) is 31.1 Å². The molecule has 0 atom stereocenters. The zero-order valence-corrected chi connectivity index (χ0v) is 11.4. The highest BCUT2D eigenvalue weighted by Gasteiger charge is 2.33. The molecule has 0 spiro atoms. The first-order chi connectivity index (χ1) is 8.09. The van der Waals surface area contributed by atoms with Crippen molar-refractivity contribution in [1.82, 2.24) is 0 Å². The summed E-state index contributed by atoms with van der Waals surface area (Å²) < 4.78 is 36.7. The van der Waals surface area contributed by atoms with Crippen LogP contribution in [0.4, 0.5) is 12.9 Å². The lowest BCUT2D eigenvalue weighted by Gasteiger charge is -2.12. The summed E-state index contributed by atoms with van der Waals surface area (Å²) in [6, 6.07) is 5.24. The molecule has 0 fully saturated rings. The maximum atomic E-state index is 12.2. The van der Waals surface area contributed by atoms with Gasteiger partial charge in [0, 0.05) is 5.56 Å². The quantitative estimate of drug-likeness (QED) is 0.593. The van der Waals surface area contributed by atoms with Gasteiger partial charge in [-0.05, 0) is 17.7 Å². The molecule has 1 nitrogen and oxygen atoms in total. The molecule has 0 aliphatic heterocycles. The van der Waals surface area contributed by atoms with Gasteiger partial charge in [-0.1, -0.05) is 37.7 Å². The van der Waals surface area contributed by atoms with Crippen LogP contribution in [-0.2, 0) is 0 Å². The van der Waals surface area contributed by atoms with Gasteiger partial charge in [0.05, 0.1) is 0 Å². The fraction of sp³-hybridized carbons (Fsp3) is 0.250. The van der Waals surface area contributed by atoms with E-state index in [4.69, 9.17) is 0 Å². The van der Waals surface area contributed by atoms with Crippen molar-refractivity contribution in [1.29, 1.82) is 0 Å². The lowest BCUT2D eigenvalue weighted by atomic mass is 9.80. The Balaban J connectivity index is 2.93. The number of benzene rings is 1. The Hall–Kier alpha value is -1.48. The van der Waals surface area contributed by atoms with Crippen LogP contribution < -0.4 is 0 Å². The van der Waals surface area contributed by atoms with Crippen LogP contribution >= 0.6 is 0 Å². The lowest BCUT2D eigenvalue weighted by Crippen LogP contribution is -2.29. The highest BCUT2D eigenvalue weighted by atomic mass is 28.3. The highest BCUT2D eigenvalue weighted by molar-refractivity contribution is 6.93. The Labute approximate surface area is 105 Å². The van der Waals surface area contributed by atoms with E-state index >= 15 is 0 Å². The van der Waals surface area contributed by atoms with E-state index in [9.17, 15) is 17.7 Å². The SMILES string of the molecule is C[Si](C)(C)C#Cc1ccc(C(=O)[B-](F)(F)F)cc1. The summed E-state index contributed by atoms with van der Waals surface area (Å²) >= 11 is 0. The predicted molar refractivity (Wildman–Crippen MR) is 70.1 cm³/mol. The Kier molecular flexibility index (Phi) is 4.07. The number of hydrogen-bond acceptors (Lipinski definition) is 1. The van der Waals surface area contributed by atoms with Gasteiger partial charge < -0.3 is 17.7 Å². The van der Waals surface area contributed by atoms with Gasteiger partial charge in [0.25, 0.3) is 0 Å². The maximum absolute atomic E-state index is 12.2. The third-order valence-electron chi connectivity index (χ3n) is 2.05. The van der Waals surface area contributed by atoms with Gasteiger partial charge in [0.2, 0.25) is 0 Å². The second-order valence-electron chi connectivity index (χ2n) is 5.02. The summed E-state index contributed by atoms with van der Waals surface area (Å²) in [5.41, 5.74) is 1.63. The molecule has 0 aliphatic rings. The maximum Gasteiger partial charge on any atom is 0.549 e. The normalized spacial score (nSPS) is 11.7. The van der Waals surface area contributed by atoms with E-state index in [-0.39, 0.29) is 5.56 Å². The Morgan fingerprint density at radius 1 is 1.11 bits per heavy atom. The molecule has 0 aliphatic carbocycles. The fourth-order valence-electron chi connectivity index (χ4n) is 1.17. The second-order valence-corrected chi connectivity index (χ2v) is 9.77. The molecule has 0 saturated heterocycles. The van der Waals surface area contributed by atoms with Crippen molar-refractivity contribution >= 4 is 20.7 Å². The van der Waals surface area contributed by atoms with Gasteiger partial charge in [-0.3, -0.25) is 0 Å². The van der Waals surface area contributed by atoms with Crippen LogP contribution in [0.15, 0.2) is 24.3 Å². The van der Waals surface area contributed by atoms with Crippen molar-refractivity contribution in [3.05, 3.63) is 35.4 Å². The van der Waals surface area contributed by atoms with E-state index in [1.807, 2.05) is 0 Å². The summed E-state index contributed by atoms with van der Waals surface area (Å²) in [5.74, 6) is 2.91. The van der Waals surface area contributed by atoms with Gasteiger partial charge in [-0.15, -0.1) is 5.54 Å². The first-order valence-corrected chi connectivity index (χ1v) is 8.97. The molecule has 96 valence electrons.